The molecule has 2 aromatic rings. The molecule has 3 rings (SSSR count). The maximum absolute atomic E-state index is 13.8. The second-order valence-electron chi connectivity index (χ2n) is 10.8. The van der Waals surface area contributed by atoms with Crippen LogP contribution in [0.5, 0.6) is 11.5 Å². The fourth-order valence-corrected chi connectivity index (χ4v) is 4.88. The van der Waals surface area contributed by atoms with Crippen molar-refractivity contribution in [2.45, 2.75) is 62.4 Å². The van der Waals surface area contributed by atoms with E-state index in [1.807, 2.05) is 0 Å². The van der Waals surface area contributed by atoms with Crippen molar-refractivity contribution in [1.29, 1.82) is 0 Å². The molecule has 0 saturated carbocycles. The number of nitrogens with one attached hydrogen (secondary N) is 2. The third-order valence-corrected chi connectivity index (χ3v) is 7.49. The van der Waals surface area contributed by atoms with E-state index in [4.69, 9.17) is 17.2 Å². The van der Waals surface area contributed by atoms with E-state index in [2.05, 4.69) is 10.6 Å². The largest absolute Gasteiger partial charge is 0.508 e. The van der Waals surface area contributed by atoms with Crippen LogP contribution in [0.2, 0.25) is 0 Å². The van der Waals surface area contributed by atoms with Crippen LogP contribution in [0.1, 0.15) is 30.4 Å². The molecule has 0 spiro atoms. The van der Waals surface area contributed by atoms with Gasteiger partial charge in [-0.3, -0.25) is 19.2 Å². The highest BCUT2D eigenvalue weighted by atomic mass is 16.4. The summed E-state index contributed by atoms with van der Waals surface area (Å²) in [5.41, 5.74) is 18.6. The van der Waals surface area contributed by atoms with Gasteiger partial charge in [0.15, 0.2) is 0 Å². The molecular formula is C29H38N6O9. The molecule has 4 amide bonds. The summed E-state index contributed by atoms with van der Waals surface area (Å²) in [6.07, 6.45) is -2.64. The van der Waals surface area contributed by atoms with Crippen LogP contribution in [0.15, 0.2) is 36.4 Å². The zero-order chi connectivity index (χ0) is 32.7. The number of aromatic hydroxyl groups is 2. The second-order valence-corrected chi connectivity index (χ2v) is 10.8. The normalized spacial score (nSPS) is 20.5. The number of nitrogens with two attached hydrogens (primary N) is 3. The van der Waals surface area contributed by atoms with Gasteiger partial charge in [-0.15, -0.1) is 0 Å². The van der Waals surface area contributed by atoms with Gasteiger partial charge in [-0.1, -0.05) is 12.1 Å². The lowest BCUT2D eigenvalue weighted by Crippen LogP contribution is -2.59. The Morgan fingerprint density at radius 1 is 1.05 bits per heavy atom. The van der Waals surface area contributed by atoms with Crippen molar-refractivity contribution in [1.82, 2.24) is 15.5 Å². The summed E-state index contributed by atoms with van der Waals surface area (Å²) in [6, 6.07) is 3.59. The lowest BCUT2D eigenvalue weighted by molar-refractivity contribution is -0.145. The second kappa shape index (κ2) is 14.6. The number of nitrogens with zero attached hydrogens (tertiary/aromatic N) is 1. The number of hydrogen-bond acceptors (Lipinski definition) is 10. The first kappa shape index (κ1) is 33.8. The third kappa shape index (κ3) is 8.43. The van der Waals surface area contributed by atoms with Crippen molar-refractivity contribution in [3.8, 4) is 22.6 Å². The van der Waals surface area contributed by atoms with E-state index in [1.165, 1.54) is 19.2 Å². The van der Waals surface area contributed by atoms with Crippen LogP contribution in [0.3, 0.4) is 0 Å². The number of phenolic OH excluding ortho intramolecular Hbond substituents is 2. The van der Waals surface area contributed by atoms with Crippen molar-refractivity contribution >= 4 is 29.6 Å². The highest BCUT2D eigenvalue weighted by molar-refractivity contribution is 5.94. The Bertz CT molecular complexity index is 1420. The van der Waals surface area contributed by atoms with Gasteiger partial charge in [-0.2, -0.15) is 0 Å². The van der Waals surface area contributed by atoms with E-state index < -0.39 is 59.9 Å². The predicted octanol–water partition coefficient (Wildman–Crippen LogP) is -1.95. The molecule has 15 heteroatoms. The summed E-state index contributed by atoms with van der Waals surface area (Å²) < 4.78 is 0. The minimum absolute atomic E-state index is 0.112. The Morgan fingerprint density at radius 3 is 2.14 bits per heavy atom. The first-order valence-electron chi connectivity index (χ1n) is 13.9. The minimum atomic E-state index is -1.53. The number of amides is 4. The molecule has 0 radical (unpaired) electrons. The van der Waals surface area contributed by atoms with E-state index >= 15 is 0 Å². The van der Waals surface area contributed by atoms with Crippen LogP contribution in [0.25, 0.3) is 11.1 Å². The average molecular weight is 615 g/mol. The SMILES string of the molecule is CN1C(=O)[C@@H](C[C@@H](O)CN)NC(=O)[C@@H](N)Cc2cc(ccc2O)-c2ccc(O)c(c2)C[C@@H]1C(=O)N[C@@H](CCC(N)=O)C(=O)O. The Morgan fingerprint density at radius 2 is 1.61 bits per heavy atom. The van der Waals surface area contributed by atoms with E-state index in [9.17, 15) is 44.4 Å². The fraction of sp³-hybridized carbons (Fsp3) is 0.414. The van der Waals surface area contributed by atoms with Crippen LogP contribution in [-0.2, 0) is 36.8 Å². The number of aliphatic carboxylic acids is 1. The van der Waals surface area contributed by atoms with Gasteiger partial charge in [-0.25, -0.2) is 4.79 Å². The first-order valence-corrected chi connectivity index (χ1v) is 13.9. The standard InChI is InChI=1S/C29H38N6O9/c1-35-22(27(41)33-20(29(43)44)4-7-25(32)39)11-17-9-15(3-6-24(17)38)14-2-5-23(37)16(8-14)10-19(31)26(40)34-21(28(35)42)12-18(36)13-30/h2-3,5-6,8-9,18-22,36-38H,4,7,10-13,30-31H2,1H3,(H2,32,39)(H,33,41)(H,34,40)(H,43,44)/t18-,19+,20+,21-,22-/m1/s1. The third-order valence-electron chi connectivity index (χ3n) is 7.49. The quantitative estimate of drug-likeness (QED) is 0.150. The van der Waals surface area contributed by atoms with Crippen molar-refractivity contribution in [3.05, 3.63) is 47.5 Å². The van der Waals surface area contributed by atoms with Gasteiger partial charge in [0.1, 0.15) is 29.6 Å². The van der Waals surface area contributed by atoms with Gasteiger partial charge in [-0.05, 0) is 52.9 Å². The minimum Gasteiger partial charge on any atom is -0.508 e. The Labute approximate surface area is 253 Å². The van der Waals surface area contributed by atoms with Gasteiger partial charge < -0.3 is 53.2 Å². The molecule has 44 heavy (non-hydrogen) atoms. The molecule has 4 bridgehead atoms. The van der Waals surface area contributed by atoms with Crippen LogP contribution < -0.4 is 27.8 Å². The van der Waals surface area contributed by atoms with Gasteiger partial charge in [0.25, 0.3) is 0 Å². The molecule has 1 aliphatic heterocycles. The number of hydrogen-bond donors (Lipinski definition) is 9. The number of carboxylic acids is 1. The summed E-state index contributed by atoms with van der Waals surface area (Å²) in [7, 11) is 1.25. The van der Waals surface area contributed by atoms with Crippen molar-refractivity contribution in [2.75, 3.05) is 13.6 Å². The van der Waals surface area contributed by atoms with Crippen LogP contribution in [0.4, 0.5) is 0 Å². The monoisotopic (exact) mass is 614 g/mol. The Hall–Kier alpha value is -4.73. The van der Waals surface area contributed by atoms with Crippen LogP contribution >= 0.6 is 0 Å². The van der Waals surface area contributed by atoms with Crippen molar-refractivity contribution < 1.29 is 44.4 Å². The smallest absolute Gasteiger partial charge is 0.326 e. The summed E-state index contributed by atoms with van der Waals surface area (Å²) in [5.74, 6) is -5.10. The maximum Gasteiger partial charge on any atom is 0.326 e. The lowest BCUT2D eigenvalue weighted by Gasteiger charge is -2.32. The maximum atomic E-state index is 13.8. The molecular weight excluding hydrogens is 576 g/mol. The summed E-state index contributed by atoms with van der Waals surface area (Å²) in [4.78, 5) is 64.7. The summed E-state index contributed by atoms with van der Waals surface area (Å²) in [6.45, 7) is -0.249. The van der Waals surface area contributed by atoms with Gasteiger partial charge in [0, 0.05) is 39.3 Å². The number of rotatable bonds is 9. The number of fused-ring (bicyclic) bond motifs is 5. The number of carbonyl (C=O) groups excluding carboxylic acids is 4. The molecule has 0 aliphatic carbocycles. The van der Waals surface area contributed by atoms with E-state index in [-0.39, 0.29) is 55.7 Å². The number of aliphatic hydroxyl groups excluding tert-OH is 1. The van der Waals surface area contributed by atoms with Gasteiger partial charge in [0.2, 0.25) is 23.6 Å². The number of benzene rings is 2. The summed E-state index contributed by atoms with van der Waals surface area (Å²) in [5, 5.41) is 45.9. The van der Waals surface area contributed by atoms with Gasteiger partial charge >= 0.3 is 5.97 Å². The molecule has 238 valence electrons. The molecule has 5 atom stereocenters. The molecule has 15 nitrogen and oxygen atoms in total. The molecule has 1 heterocycles. The van der Waals surface area contributed by atoms with E-state index in [0.29, 0.717) is 16.7 Å². The lowest BCUT2D eigenvalue weighted by atomic mass is 9.95. The van der Waals surface area contributed by atoms with Crippen molar-refractivity contribution in [3.63, 3.8) is 0 Å². The molecule has 0 fully saturated rings. The zero-order valence-electron chi connectivity index (χ0n) is 24.1. The number of aliphatic hydroxyl groups is 1. The zero-order valence-corrected chi connectivity index (χ0v) is 24.1. The number of carbonyl (C=O) groups is 5. The topological polar surface area (TPSA) is 272 Å². The number of primary amides is 1. The Balaban J connectivity index is 2.14. The van der Waals surface area contributed by atoms with E-state index in [1.54, 1.807) is 24.3 Å². The average Bonchev–Trinajstić information content (AvgIpc) is 2.97. The number of carboxylic acid groups (broad SMARTS) is 1. The highest BCUT2D eigenvalue weighted by Crippen LogP contribution is 2.31. The van der Waals surface area contributed by atoms with Crippen molar-refractivity contribution in [2.24, 2.45) is 17.2 Å². The van der Waals surface area contributed by atoms with Crippen LogP contribution in [-0.4, -0.2) is 98.8 Å². The molecule has 0 aromatic heterocycles. The number of likely N-dealkylation sites (N-methyl/N-ethyl adjacent to an activating group) is 1. The van der Waals surface area contributed by atoms with Gasteiger partial charge in [0.05, 0.1) is 12.1 Å². The predicted molar refractivity (Wildman–Crippen MR) is 157 cm³/mol. The molecule has 0 saturated heterocycles. The molecule has 0 unspecified atom stereocenters. The fourth-order valence-electron chi connectivity index (χ4n) is 4.88. The summed E-state index contributed by atoms with van der Waals surface area (Å²) >= 11 is 0. The molecule has 12 N–H and O–H groups in total. The molecule has 1 aliphatic rings. The number of phenols is 2. The van der Waals surface area contributed by atoms with E-state index in [0.717, 1.165) is 4.90 Å². The highest BCUT2D eigenvalue weighted by Gasteiger charge is 2.36. The molecule has 2 aromatic carbocycles. The Kier molecular flexibility index (Phi) is 11.2. The van der Waals surface area contributed by atoms with Crippen LogP contribution in [0, 0.1) is 0 Å². The first-order chi connectivity index (χ1) is 20.7.